The Labute approximate surface area is 70.9 Å². The van der Waals surface area contributed by atoms with Gasteiger partial charge in [-0.2, -0.15) is 0 Å². The highest BCUT2D eigenvalue weighted by molar-refractivity contribution is 14.1. The molecule has 0 saturated heterocycles. The van der Waals surface area contributed by atoms with Gasteiger partial charge in [0.15, 0.2) is 0 Å². The van der Waals surface area contributed by atoms with Crippen molar-refractivity contribution in [1.82, 2.24) is 0 Å². The molecule has 0 nitrogen and oxygen atoms in total. The van der Waals surface area contributed by atoms with Crippen molar-refractivity contribution < 1.29 is 0 Å². The van der Waals surface area contributed by atoms with Crippen molar-refractivity contribution in [3.8, 4) is 0 Å². The molecule has 0 N–H and O–H groups in total. The molecule has 0 aromatic carbocycles. The van der Waals surface area contributed by atoms with Crippen molar-refractivity contribution in [3.05, 3.63) is 11.6 Å². The maximum Gasteiger partial charge on any atom is 0.00325 e. The Morgan fingerprint density at radius 3 is 2.89 bits per heavy atom. The highest BCUT2D eigenvalue weighted by atomic mass is 127. The second-order valence-electron chi connectivity index (χ2n) is 2.55. The third kappa shape index (κ3) is 2.70. The summed E-state index contributed by atoms with van der Waals surface area (Å²) in [6.07, 6.45) is 9.34. The zero-order valence-corrected chi connectivity index (χ0v) is 7.86. The normalized spacial score (nSPS) is 19.4. The van der Waals surface area contributed by atoms with E-state index in [0.29, 0.717) is 0 Å². The first-order chi connectivity index (χ1) is 4.43. The number of hydrogen-bond acceptors (Lipinski definition) is 0. The maximum absolute atomic E-state index is 2.45. The second-order valence-corrected chi connectivity index (χ2v) is 3.63. The largest absolute Gasteiger partial charge is 0.0860 e. The van der Waals surface area contributed by atoms with Gasteiger partial charge in [0.2, 0.25) is 0 Å². The smallest absolute Gasteiger partial charge is 0.00325 e. The maximum atomic E-state index is 2.45. The Morgan fingerprint density at radius 2 is 2.33 bits per heavy atom. The van der Waals surface area contributed by atoms with Crippen LogP contribution < -0.4 is 0 Å². The number of halogens is 1. The third-order valence-electron chi connectivity index (χ3n) is 1.80. The fourth-order valence-corrected chi connectivity index (χ4v) is 1.95. The van der Waals surface area contributed by atoms with Crippen molar-refractivity contribution in [1.29, 1.82) is 0 Å². The lowest BCUT2D eigenvalue weighted by atomic mass is 9.98. The Balaban J connectivity index is 2.28. The summed E-state index contributed by atoms with van der Waals surface area (Å²) in [6.45, 7) is 0. The Morgan fingerprint density at radius 1 is 1.44 bits per heavy atom. The van der Waals surface area contributed by atoms with Crippen molar-refractivity contribution in [3.63, 3.8) is 0 Å². The molecule has 1 aliphatic carbocycles. The molecule has 0 heterocycles. The van der Waals surface area contributed by atoms with Gasteiger partial charge in [-0.05, 0) is 32.1 Å². The van der Waals surface area contributed by atoms with Crippen molar-refractivity contribution in [2.45, 2.75) is 32.1 Å². The Hall–Kier alpha value is 0.470. The quantitative estimate of drug-likeness (QED) is 0.392. The molecular weight excluding hydrogens is 223 g/mol. The molecule has 0 unspecified atom stereocenters. The first kappa shape index (κ1) is 7.58. The van der Waals surface area contributed by atoms with Crippen LogP contribution in [0.2, 0.25) is 0 Å². The van der Waals surface area contributed by atoms with Gasteiger partial charge in [0.05, 0.1) is 0 Å². The van der Waals surface area contributed by atoms with E-state index in [-0.39, 0.29) is 0 Å². The lowest BCUT2D eigenvalue weighted by Crippen LogP contribution is -1.91. The summed E-state index contributed by atoms with van der Waals surface area (Å²) in [5, 5.41) is 0. The minimum absolute atomic E-state index is 1.30. The lowest BCUT2D eigenvalue weighted by molar-refractivity contribution is 0.686. The van der Waals surface area contributed by atoms with E-state index in [1.54, 1.807) is 5.57 Å². The van der Waals surface area contributed by atoms with Crippen molar-refractivity contribution >= 4 is 22.6 Å². The van der Waals surface area contributed by atoms with Crippen LogP contribution in [-0.2, 0) is 0 Å². The van der Waals surface area contributed by atoms with Gasteiger partial charge in [0.1, 0.15) is 0 Å². The standard InChI is InChI=1S/C8H13I/c9-7-6-8-4-2-1-3-5-8/h4H,1-3,5-7H2. The van der Waals surface area contributed by atoms with Gasteiger partial charge in [0.25, 0.3) is 0 Å². The molecule has 0 amide bonds. The molecule has 52 valence electrons. The molecule has 0 aromatic rings. The minimum Gasteiger partial charge on any atom is -0.0860 e. The summed E-state index contributed by atoms with van der Waals surface area (Å²) in [5.41, 5.74) is 1.70. The van der Waals surface area contributed by atoms with Gasteiger partial charge < -0.3 is 0 Å². The van der Waals surface area contributed by atoms with E-state index in [1.165, 1.54) is 36.5 Å². The van der Waals surface area contributed by atoms with Crippen LogP contribution in [0, 0.1) is 0 Å². The van der Waals surface area contributed by atoms with Gasteiger partial charge in [0, 0.05) is 4.43 Å². The summed E-state index contributed by atoms with van der Waals surface area (Å²) in [4.78, 5) is 0. The van der Waals surface area contributed by atoms with E-state index in [2.05, 4.69) is 28.7 Å². The number of rotatable bonds is 2. The molecule has 0 bridgehead atoms. The van der Waals surface area contributed by atoms with Gasteiger partial charge in [-0.15, -0.1) is 0 Å². The van der Waals surface area contributed by atoms with E-state index in [1.807, 2.05) is 0 Å². The second kappa shape index (κ2) is 4.31. The predicted molar refractivity (Wildman–Crippen MR) is 50.1 cm³/mol. The highest BCUT2D eigenvalue weighted by Gasteiger charge is 2.00. The summed E-state index contributed by atoms with van der Waals surface area (Å²) >= 11 is 2.45. The van der Waals surface area contributed by atoms with Gasteiger partial charge in [-0.25, -0.2) is 0 Å². The average Bonchev–Trinajstić information content (AvgIpc) is 1.91. The first-order valence-electron chi connectivity index (χ1n) is 3.67. The molecule has 0 aliphatic heterocycles. The zero-order valence-electron chi connectivity index (χ0n) is 5.70. The van der Waals surface area contributed by atoms with Crippen LogP contribution in [0.25, 0.3) is 0 Å². The third-order valence-corrected chi connectivity index (χ3v) is 2.34. The molecule has 9 heavy (non-hydrogen) atoms. The molecule has 1 aliphatic rings. The Kier molecular flexibility index (Phi) is 3.63. The van der Waals surface area contributed by atoms with Gasteiger partial charge in [-0.1, -0.05) is 34.2 Å². The SMILES string of the molecule is ICCC1=CCCCC1. The molecular formula is C8H13I. The van der Waals surface area contributed by atoms with Crippen LogP contribution in [-0.4, -0.2) is 4.43 Å². The van der Waals surface area contributed by atoms with E-state index in [0.717, 1.165) is 0 Å². The van der Waals surface area contributed by atoms with Gasteiger partial charge >= 0.3 is 0 Å². The number of allylic oxidation sites excluding steroid dienone is 2. The van der Waals surface area contributed by atoms with E-state index < -0.39 is 0 Å². The first-order valence-corrected chi connectivity index (χ1v) is 5.20. The summed E-state index contributed by atoms with van der Waals surface area (Å²) < 4.78 is 1.30. The van der Waals surface area contributed by atoms with Crippen LogP contribution in [0.15, 0.2) is 11.6 Å². The van der Waals surface area contributed by atoms with E-state index >= 15 is 0 Å². The predicted octanol–water partition coefficient (Wildman–Crippen LogP) is 3.31. The summed E-state index contributed by atoms with van der Waals surface area (Å²) in [6, 6.07) is 0. The molecule has 0 fully saturated rings. The zero-order chi connectivity index (χ0) is 6.53. The fraction of sp³-hybridized carbons (Fsp3) is 0.750. The van der Waals surface area contributed by atoms with Crippen LogP contribution in [0.3, 0.4) is 0 Å². The van der Waals surface area contributed by atoms with Gasteiger partial charge in [-0.3, -0.25) is 0 Å². The molecule has 0 spiro atoms. The van der Waals surface area contributed by atoms with Crippen molar-refractivity contribution in [2.24, 2.45) is 0 Å². The monoisotopic (exact) mass is 236 g/mol. The lowest BCUT2D eigenvalue weighted by Gasteiger charge is -2.10. The highest BCUT2D eigenvalue weighted by Crippen LogP contribution is 2.20. The summed E-state index contributed by atoms with van der Waals surface area (Å²) in [7, 11) is 0. The molecule has 1 heteroatoms. The van der Waals surface area contributed by atoms with Crippen LogP contribution in [0.4, 0.5) is 0 Å². The summed E-state index contributed by atoms with van der Waals surface area (Å²) in [5.74, 6) is 0. The Bertz CT molecular complexity index is 105. The minimum atomic E-state index is 1.30. The van der Waals surface area contributed by atoms with Crippen LogP contribution in [0.1, 0.15) is 32.1 Å². The van der Waals surface area contributed by atoms with Crippen LogP contribution in [0.5, 0.6) is 0 Å². The molecule has 1 rings (SSSR count). The van der Waals surface area contributed by atoms with Crippen LogP contribution >= 0.6 is 22.6 Å². The molecule has 0 radical (unpaired) electrons. The van der Waals surface area contributed by atoms with E-state index in [9.17, 15) is 0 Å². The fourth-order valence-electron chi connectivity index (χ4n) is 1.25. The number of alkyl halides is 1. The molecule has 0 saturated carbocycles. The average molecular weight is 236 g/mol. The molecule has 0 aromatic heterocycles. The van der Waals surface area contributed by atoms with E-state index in [4.69, 9.17) is 0 Å². The molecule has 0 atom stereocenters. The number of hydrogen-bond donors (Lipinski definition) is 0. The topological polar surface area (TPSA) is 0 Å². The van der Waals surface area contributed by atoms with Crippen molar-refractivity contribution in [2.75, 3.05) is 4.43 Å².